The van der Waals surface area contributed by atoms with Crippen LogP contribution >= 0.6 is 0 Å². The monoisotopic (exact) mass is 110 g/mol. The number of nitrogens with one attached hydrogen (secondary N) is 1. The second-order valence-electron chi connectivity index (χ2n) is 2.56. The highest BCUT2D eigenvalue weighted by Gasteiger charge is 2.11. The van der Waals surface area contributed by atoms with Gasteiger partial charge in [0.15, 0.2) is 0 Å². The van der Waals surface area contributed by atoms with Crippen molar-refractivity contribution in [1.29, 1.82) is 0 Å². The van der Waals surface area contributed by atoms with E-state index in [2.05, 4.69) is 13.0 Å². The van der Waals surface area contributed by atoms with Gasteiger partial charge in [-0.3, -0.25) is 5.73 Å². The van der Waals surface area contributed by atoms with E-state index in [-0.39, 0.29) is 0 Å². The first kappa shape index (κ1) is 5.83. The van der Waals surface area contributed by atoms with Crippen molar-refractivity contribution in [3.8, 4) is 0 Å². The van der Waals surface area contributed by atoms with Crippen LogP contribution in [0.2, 0.25) is 0 Å². The zero-order chi connectivity index (χ0) is 5.98. The maximum atomic E-state index is 7.06. The number of hydrogen-bond donors (Lipinski definition) is 0. The predicted molar refractivity (Wildman–Crippen MR) is 34.4 cm³/mol. The van der Waals surface area contributed by atoms with Crippen molar-refractivity contribution in [3.63, 3.8) is 0 Å². The molecule has 0 saturated heterocycles. The van der Waals surface area contributed by atoms with Gasteiger partial charge in [0.25, 0.3) is 0 Å². The SMILES string of the molecule is CC1=CCC(C[NH])C1. The van der Waals surface area contributed by atoms with E-state index in [1.54, 1.807) is 0 Å². The third kappa shape index (κ3) is 1.10. The summed E-state index contributed by atoms with van der Waals surface area (Å²) in [6.07, 6.45) is 4.57. The molecule has 1 N–H and O–H groups in total. The molecule has 1 aliphatic rings. The van der Waals surface area contributed by atoms with Gasteiger partial charge in [-0.05, 0) is 25.7 Å². The molecule has 45 valence electrons. The summed E-state index contributed by atoms with van der Waals surface area (Å²) in [5.41, 5.74) is 8.53. The third-order valence-electron chi connectivity index (χ3n) is 1.70. The van der Waals surface area contributed by atoms with Gasteiger partial charge in [-0.1, -0.05) is 11.6 Å². The lowest BCUT2D eigenvalue weighted by molar-refractivity contribution is 0.567. The zero-order valence-corrected chi connectivity index (χ0v) is 5.28. The van der Waals surface area contributed by atoms with Gasteiger partial charge in [-0.25, -0.2) is 0 Å². The molecule has 0 bridgehead atoms. The molecule has 0 aromatic carbocycles. The lowest BCUT2D eigenvalue weighted by Crippen LogP contribution is -2.01. The molecule has 8 heavy (non-hydrogen) atoms. The van der Waals surface area contributed by atoms with Crippen molar-refractivity contribution >= 4 is 0 Å². The summed E-state index contributed by atoms with van der Waals surface area (Å²) in [6, 6.07) is 0. The van der Waals surface area contributed by atoms with Crippen molar-refractivity contribution < 1.29 is 0 Å². The maximum Gasteiger partial charge on any atom is 0.0134 e. The molecule has 0 heterocycles. The van der Waals surface area contributed by atoms with Crippen LogP contribution in [-0.4, -0.2) is 6.54 Å². The summed E-state index contributed by atoms with van der Waals surface area (Å²) in [6.45, 7) is 2.75. The Bertz CT molecular complexity index is 105. The van der Waals surface area contributed by atoms with Crippen LogP contribution in [-0.2, 0) is 0 Å². The minimum Gasteiger partial charge on any atom is -0.258 e. The molecule has 1 aliphatic carbocycles. The van der Waals surface area contributed by atoms with Crippen LogP contribution in [0.25, 0.3) is 0 Å². The normalized spacial score (nSPS) is 28.2. The van der Waals surface area contributed by atoms with Gasteiger partial charge in [0.05, 0.1) is 0 Å². The van der Waals surface area contributed by atoms with Crippen LogP contribution in [0.4, 0.5) is 0 Å². The Hall–Kier alpha value is -0.300. The predicted octanol–water partition coefficient (Wildman–Crippen LogP) is 1.63. The average Bonchev–Trinajstić information content (AvgIpc) is 2.14. The Labute approximate surface area is 50.6 Å². The van der Waals surface area contributed by atoms with Crippen LogP contribution in [0.1, 0.15) is 19.8 Å². The van der Waals surface area contributed by atoms with Gasteiger partial charge in [-0.2, -0.15) is 0 Å². The topological polar surface area (TPSA) is 23.8 Å². The zero-order valence-electron chi connectivity index (χ0n) is 5.28. The van der Waals surface area contributed by atoms with Gasteiger partial charge in [0.1, 0.15) is 0 Å². The van der Waals surface area contributed by atoms with Crippen LogP contribution < -0.4 is 5.73 Å². The molecule has 1 rings (SSSR count). The summed E-state index contributed by atoms with van der Waals surface area (Å²) < 4.78 is 0. The van der Waals surface area contributed by atoms with E-state index in [9.17, 15) is 0 Å². The van der Waals surface area contributed by atoms with Crippen LogP contribution in [0, 0.1) is 5.92 Å². The van der Waals surface area contributed by atoms with Gasteiger partial charge in [0, 0.05) is 6.54 Å². The standard InChI is InChI=1S/C7H12N/c1-6-2-3-7(4-6)5-8/h2,7-8H,3-5H2,1H3. The van der Waals surface area contributed by atoms with E-state index in [1.165, 1.54) is 12.0 Å². The molecule has 0 aliphatic heterocycles. The molecule has 0 spiro atoms. The second-order valence-corrected chi connectivity index (χ2v) is 2.56. The van der Waals surface area contributed by atoms with Gasteiger partial charge >= 0.3 is 0 Å². The van der Waals surface area contributed by atoms with Crippen molar-refractivity contribution in [2.24, 2.45) is 5.92 Å². The highest BCUT2D eigenvalue weighted by atomic mass is 14.5. The van der Waals surface area contributed by atoms with Crippen molar-refractivity contribution in [3.05, 3.63) is 11.6 Å². The fourth-order valence-electron chi connectivity index (χ4n) is 1.15. The summed E-state index contributed by atoms with van der Waals surface area (Å²) in [5, 5.41) is 0. The second kappa shape index (κ2) is 2.31. The maximum absolute atomic E-state index is 7.06. The van der Waals surface area contributed by atoms with E-state index in [0.717, 1.165) is 6.42 Å². The average molecular weight is 110 g/mol. The molecule has 1 unspecified atom stereocenters. The van der Waals surface area contributed by atoms with Gasteiger partial charge in [-0.15, -0.1) is 0 Å². The van der Waals surface area contributed by atoms with E-state index in [4.69, 9.17) is 5.73 Å². The van der Waals surface area contributed by atoms with Gasteiger partial charge in [0.2, 0.25) is 0 Å². The summed E-state index contributed by atoms with van der Waals surface area (Å²) >= 11 is 0. The molecule has 1 heteroatoms. The van der Waals surface area contributed by atoms with Gasteiger partial charge < -0.3 is 0 Å². The van der Waals surface area contributed by atoms with Crippen LogP contribution in [0.3, 0.4) is 0 Å². The molecule has 1 radical (unpaired) electrons. The largest absolute Gasteiger partial charge is 0.258 e. The lowest BCUT2D eigenvalue weighted by Gasteiger charge is -2.01. The fourth-order valence-corrected chi connectivity index (χ4v) is 1.15. The molecule has 0 aromatic rings. The smallest absolute Gasteiger partial charge is 0.0134 e. The summed E-state index contributed by atoms with van der Waals surface area (Å²) in [7, 11) is 0. The van der Waals surface area contributed by atoms with Crippen molar-refractivity contribution in [2.75, 3.05) is 6.54 Å². The first-order valence-corrected chi connectivity index (χ1v) is 3.13. The summed E-state index contributed by atoms with van der Waals surface area (Å²) in [4.78, 5) is 0. The fraction of sp³-hybridized carbons (Fsp3) is 0.714. The number of allylic oxidation sites excluding steroid dienone is 2. The Morgan fingerprint density at radius 3 is 2.88 bits per heavy atom. The van der Waals surface area contributed by atoms with Crippen molar-refractivity contribution in [2.45, 2.75) is 19.8 Å². The Morgan fingerprint density at radius 1 is 1.88 bits per heavy atom. The van der Waals surface area contributed by atoms with Crippen molar-refractivity contribution in [1.82, 2.24) is 5.73 Å². The molecule has 0 saturated carbocycles. The first-order chi connectivity index (χ1) is 3.83. The Balaban J connectivity index is 2.32. The molecule has 1 atom stereocenters. The van der Waals surface area contributed by atoms with Crippen LogP contribution in [0.15, 0.2) is 11.6 Å². The molecule has 1 nitrogen and oxygen atoms in total. The summed E-state index contributed by atoms with van der Waals surface area (Å²) in [5.74, 6) is 0.648. The molecular weight excluding hydrogens is 98.1 g/mol. The molecule has 0 fully saturated rings. The van der Waals surface area contributed by atoms with E-state index >= 15 is 0 Å². The molecule has 0 amide bonds. The van der Waals surface area contributed by atoms with Crippen LogP contribution in [0.5, 0.6) is 0 Å². The highest BCUT2D eigenvalue weighted by molar-refractivity contribution is 5.06. The Kier molecular flexibility index (Phi) is 1.69. The third-order valence-corrected chi connectivity index (χ3v) is 1.70. The lowest BCUT2D eigenvalue weighted by atomic mass is 10.1. The minimum absolute atomic E-state index is 0.605. The minimum atomic E-state index is 0.605. The van der Waals surface area contributed by atoms with E-state index in [0.29, 0.717) is 12.5 Å². The molecular formula is C7H12N. The van der Waals surface area contributed by atoms with E-state index in [1.807, 2.05) is 0 Å². The number of rotatable bonds is 1. The molecule has 0 aromatic heterocycles. The quantitative estimate of drug-likeness (QED) is 0.458. The highest BCUT2D eigenvalue weighted by Crippen LogP contribution is 2.22. The first-order valence-electron chi connectivity index (χ1n) is 3.13. The number of hydrogen-bond acceptors (Lipinski definition) is 0. The Morgan fingerprint density at radius 2 is 2.62 bits per heavy atom. The van der Waals surface area contributed by atoms with E-state index < -0.39 is 0 Å².